The van der Waals surface area contributed by atoms with Gasteiger partial charge in [0.05, 0.1) is 73.4 Å². The molecule has 0 aromatic heterocycles. The molecule has 5 aromatic carbocycles. The third-order valence-electron chi connectivity index (χ3n) is 37.2. The van der Waals surface area contributed by atoms with Gasteiger partial charge in [-0.2, -0.15) is 5.26 Å². The highest BCUT2D eigenvalue weighted by Crippen LogP contribution is 2.70. The highest BCUT2D eigenvalue weighted by Gasteiger charge is 2.67. The van der Waals surface area contributed by atoms with Gasteiger partial charge in [0.25, 0.3) is 52.5 Å². The lowest BCUT2D eigenvalue weighted by molar-refractivity contribution is -0.385. The van der Waals surface area contributed by atoms with Gasteiger partial charge in [-0.3, -0.25) is 59.1 Å². The Morgan fingerprint density at radius 2 is 0.712 bits per heavy atom. The van der Waals surface area contributed by atoms with Crippen molar-refractivity contribution in [2.75, 3.05) is 11.5 Å². The first-order chi connectivity index (χ1) is 59.6. The first-order valence-corrected chi connectivity index (χ1v) is 46.0. The van der Waals surface area contributed by atoms with Gasteiger partial charge < -0.3 is 40.9 Å². The minimum Gasteiger partial charge on any atom is -0.398 e. The zero-order chi connectivity index (χ0) is 87.9. The highest BCUT2D eigenvalue weighted by molar-refractivity contribution is 6.22. The maximum absolute atomic E-state index is 12.9. The molecular weight excluding hydrogens is 1580 g/mol. The summed E-state index contributed by atoms with van der Waals surface area (Å²) in [6.45, 7) is 23.8. The Hall–Kier alpha value is -10.6. The number of hydrogen-bond acceptors (Lipinski definition) is 17. The van der Waals surface area contributed by atoms with E-state index in [1.165, 1.54) is 115 Å². The van der Waals surface area contributed by atoms with Crippen LogP contribution in [0.1, 0.15) is 277 Å². The number of anilines is 2. The van der Waals surface area contributed by atoms with Gasteiger partial charge in [-0.25, -0.2) is 4.99 Å². The lowest BCUT2D eigenvalue weighted by Gasteiger charge is -2.43. The second kappa shape index (κ2) is 30.6. The van der Waals surface area contributed by atoms with Crippen molar-refractivity contribution in [1.29, 1.82) is 0 Å². The van der Waals surface area contributed by atoms with E-state index in [0.29, 0.717) is 124 Å². The number of benzene rings is 5. The number of rotatable bonds is 10. The van der Waals surface area contributed by atoms with Crippen LogP contribution in [0.25, 0.3) is 0 Å². The number of nitrogen functional groups attached to an aromatic ring is 2. The quantitative estimate of drug-likeness (QED) is 0.0506. The van der Waals surface area contributed by atoms with Crippen molar-refractivity contribution in [2.24, 2.45) is 90.9 Å². The zero-order valence-electron chi connectivity index (χ0n) is 73.4. The van der Waals surface area contributed by atoms with Crippen molar-refractivity contribution in [3.63, 3.8) is 0 Å². The van der Waals surface area contributed by atoms with Gasteiger partial charge in [-0.15, -0.1) is 0 Å². The van der Waals surface area contributed by atoms with Crippen LogP contribution in [0.3, 0.4) is 0 Å². The van der Waals surface area contributed by atoms with Crippen molar-refractivity contribution < 1.29 is 53.8 Å². The smallest absolute Gasteiger partial charge is 0.275 e. The Morgan fingerprint density at radius 3 is 1.02 bits per heavy atom. The number of oxime groups is 1. The van der Waals surface area contributed by atoms with Crippen molar-refractivity contribution >= 4 is 69.6 Å². The van der Waals surface area contributed by atoms with Crippen LogP contribution in [0.5, 0.6) is 0 Å². The number of carbonyl (C=O) groups is 6. The largest absolute Gasteiger partial charge is 0.398 e. The Morgan fingerprint density at radius 1 is 0.392 bits per heavy atom. The van der Waals surface area contributed by atoms with Crippen LogP contribution in [-0.4, -0.2) is 127 Å². The van der Waals surface area contributed by atoms with Crippen LogP contribution in [0.15, 0.2) is 132 Å². The summed E-state index contributed by atoms with van der Waals surface area (Å²) >= 11 is 0. The van der Waals surface area contributed by atoms with E-state index in [1.807, 2.05) is 68.3 Å². The fourth-order valence-electron chi connectivity index (χ4n) is 28.8. The van der Waals surface area contributed by atoms with E-state index in [4.69, 9.17) is 16.7 Å². The molecule has 12 bridgehead atoms. The van der Waals surface area contributed by atoms with Gasteiger partial charge in [-0.05, 0) is 261 Å². The highest BCUT2D eigenvalue weighted by atomic mass is 17.2. The number of nitro benzene ring substituents is 3. The molecule has 26 nitrogen and oxygen atoms in total. The van der Waals surface area contributed by atoms with Crippen LogP contribution < -0.4 is 11.5 Å². The summed E-state index contributed by atoms with van der Waals surface area (Å²) in [4.78, 5) is 124. The molecule has 24 rings (SSSR count). The summed E-state index contributed by atoms with van der Waals surface area (Å²) in [6.07, 6.45) is 32.6. The molecule has 6 aliphatic heterocycles. The van der Waals surface area contributed by atoms with Gasteiger partial charge >= 0.3 is 0 Å². The lowest BCUT2D eigenvalue weighted by Crippen LogP contribution is -2.47. The number of hydrogen-bond donors (Lipinski definition) is 3. The third kappa shape index (κ3) is 13.0. The predicted molar refractivity (Wildman–Crippen MR) is 470 cm³/mol. The maximum atomic E-state index is 12.9. The van der Waals surface area contributed by atoms with E-state index in [9.17, 15) is 59.1 Å². The Kier molecular flexibility index (Phi) is 20.5. The molecule has 0 unspecified atom stereocenters. The van der Waals surface area contributed by atoms with Gasteiger partial charge in [0.1, 0.15) is 5.71 Å². The average Bonchev–Trinajstić information content (AvgIpc) is 1.55. The van der Waals surface area contributed by atoms with Gasteiger partial charge in [0.15, 0.2) is 0 Å². The van der Waals surface area contributed by atoms with Crippen molar-refractivity contribution in [3.8, 4) is 0 Å². The van der Waals surface area contributed by atoms with E-state index in [-0.39, 0.29) is 106 Å². The minimum atomic E-state index is -0.379. The minimum absolute atomic E-state index is 0.0127. The number of amides is 6. The zero-order valence-corrected chi connectivity index (χ0v) is 73.4. The van der Waals surface area contributed by atoms with Crippen molar-refractivity contribution in [3.05, 3.63) is 213 Å². The first kappa shape index (κ1) is 83.9. The first-order valence-electron chi connectivity index (χ1n) is 46.0. The van der Waals surface area contributed by atoms with Crippen molar-refractivity contribution in [1.82, 2.24) is 29.4 Å². The summed E-state index contributed by atoms with van der Waals surface area (Å²) in [7, 11) is 0. The summed E-state index contributed by atoms with van der Waals surface area (Å²) in [6, 6.07) is 27.8. The molecule has 5 aromatic rings. The summed E-state index contributed by atoms with van der Waals surface area (Å²) in [5, 5.41) is 45.7. The van der Waals surface area contributed by atoms with E-state index in [0.717, 1.165) is 114 Å². The van der Waals surface area contributed by atoms with Crippen LogP contribution in [-0.2, 0) is 42.5 Å². The monoisotopic (exact) mass is 1700 g/mol. The number of nitro groups is 3. The summed E-state index contributed by atoms with van der Waals surface area (Å²) in [5.74, 6) is 6.79. The Labute approximate surface area is 730 Å². The van der Waals surface area contributed by atoms with Crippen molar-refractivity contribution in [2.45, 2.75) is 266 Å². The number of nitrogens with zero attached hydrogens (tertiary/aromatic N) is 10. The second-order valence-corrected chi connectivity index (χ2v) is 42.5. The third-order valence-corrected chi connectivity index (χ3v) is 37.2. The normalized spacial score (nSPS) is 34.2. The van der Waals surface area contributed by atoms with Crippen LogP contribution in [0.4, 0.5) is 28.4 Å². The Bertz CT molecular complexity index is 5430. The van der Waals surface area contributed by atoms with Crippen LogP contribution in [0, 0.1) is 116 Å². The maximum Gasteiger partial charge on any atom is 0.275 e. The van der Waals surface area contributed by atoms with Gasteiger partial charge in [-0.1, -0.05) is 118 Å². The standard InChI is InChI=1S/2C18H22N2O3.C18H24N2O.2C15H16N2O3.C15H18N2O/c1-17(2)11-7-8-18(17,3)15(9-11)20-10-13-12(16(20)21)5-4-6-14(13)19-23-22;1-17(2)11-7-8-18(17,3)15(9-11)19-10-13-12(16(19)21)5-4-6-14(13)20(22)23;1-17(2)11-7-8-18(17,3)15(9-11)20-10-13-12(16(20)21)5-4-6-14(13)19;2*18-15-11-2-1-3-13(17(19)20)12(11)8-16(15)14-7-9-4-5-10(14)6-9;16-13-3-1-2-11-12(13)8-17(15(11)18)14-7-9-4-5-10(14)6-9/h4-6,10-11,15,22H,7-9H2,1-3H3;4-6,11,15H,7-10H2,1-3H3;4-6,11,15H,7-10,19H2,1-3H3;2*1-3,9-10,14H,4-8H2;1-3,9-10,14H,4-8,16H2/b19-14+;;;;;/t3*11-,15+,18-;9-,10+,14+;9-,10+,14-;9-,10+,14+/m111000/s1. The molecule has 19 aliphatic rings. The molecule has 18 atom stereocenters. The van der Waals surface area contributed by atoms with E-state index in [2.05, 4.69) is 82.3 Å². The number of fused-ring (bicyclic) bond motifs is 18. The molecule has 26 heteroatoms. The second-order valence-electron chi connectivity index (χ2n) is 42.5. The molecule has 5 N–H and O–H groups in total. The van der Waals surface area contributed by atoms with Crippen LogP contribution in [0.2, 0.25) is 0 Å². The molecule has 125 heavy (non-hydrogen) atoms. The van der Waals surface area contributed by atoms with Crippen LogP contribution >= 0.6 is 0 Å². The predicted octanol–water partition coefficient (Wildman–Crippen LogP) is 18.4. The molecule has 0 radical (unpaired) electrons. The van der Waals surface area contributed by atoms with Gasteiger partial charge in [0, 0.05) is 113 Å². The van der Waals surface area contributed by atoms with E-state index in [1.54, 1.807) is 48.6 Å². The molecule has 13 aliphatic carbocycles. The molecule has 0 spiro atoms. The SMILES string of the molecule is CC1(C)[C@@H]2CC[C@]1(C)[C@@H](N1C=C3C(=CC=C/C3=N\OO)C1=O)C2.CC1(C)[C@@H]2CC[C@]1(C)[C@@H](N1Cc3c(N)cccc3C1=O)C2.CC1(C)[C@@H]2CC[C@]1(C)[C@@H](N1Cc3c(cccc3[N+](=O)[O-])C1=O)C2.Nc1cccc2c1CN([C@@H]1C[C@H]3CC[C@@H]1C3)C2=O.O=C1c2cccc([N+](=O)[O-])c2CN1[C@@H]1C[C@H]2CC[C@@H]1C2.O=C1c2cccc([N+](=O)[O-])c2CN1[C@H]1C[C@H]2CC[C@@H]1C2. The molecule has 12 fully saturated rings. The molecule has 6 amide bonds. The fourth-order valence-corrected chi connectivity index (χ4v) is 28.8. The lowest BCUT2D eigenvalue weighted by atomic mass is 9.69. The topological polar surface area (TPSA) is 345 Å². The summed E-state index contributed by atoms with van der Waals surface area (Å²) < 4.78 is 0. The molecule has 6 heterocycles. The molecule has 0 saturated heterocycles. The number of allylic oxidation sites excluding steroid dienone is 3. The molecular formula is C99H118N12O14. The molecule has 12 saturated carbocycles. The molecule has 658 valence electrons. The fraction of sp³-hybridized carbons (Fsp3) is 0.566. The number of nitrogens with two attached hydrogens (primary N) is 2. The van der Waals surface area contributed by atoms with E-state index < -0.39 is 0 Å². The number of carbonyl (C=O) groups excluding carboxylic acids is 6. The summed E-state index contributed by atoms with van der Waals surface area (Å²) in [5.41, 5.74) is 24.1. The average molecular weight is 1700 g/mol. The Balaban J connectivity index is 0.0000000983. The van der Waals surface area contributed by atoms with E-state index >= 15 is 0 Å². The van der Waals surface area contributed by atoms with Gasteiger partial charge in [0.2, 0.25) is 0 Å².